The molecule has 1 aliphatic carbocycles. The third kappa shape index (κ3) is 10.5. The fraction of sp³-hybridized carbons (Fsp3) is 0.465. The number of methoxy groups -OCH3 is 1. The van der Waals surface area contributed by atoms with Gasteiger partial charge in [-0.25, -0.2) is 4.79 Å². The Bertz CT molecular complexity index is 2120. The number of phenolic OH excluding ortho intramolecular Hbond substituents is 1. The Labute approximate surface area is 369 Å². The van der Waals surface area contributed by atoms with Crippen LogP contribution in [-0.2, 0) is 42.7 Å². The number of carbonyl (C=O) groups excluding carboxylic acids is 1. The van der Waals surface area contributed by atoms with Gasteiger partial charge in [0.05, 0.1) is 20.3 Å². The lowest BCUT2D eigenvalue weighted by Crippen LogP contribution is -2.64. The molecule has 22 nitrogen and oxygen atoms in total. The van der Waals surface area contributed by atoms with Gasteiger partial charge in [0, 0.05) is 29.4 Å². The molecule has 7 rings (SSSR count). The molecule has 12 N–H and O–H groups in total. The Morgan fingerprint density at radius 3 is 1.91 bits per heavy atom. The molecule has 2 aromatic rings. The minimum Gasteiger partial charge on any atom is -0.508 e. The summed E-state index contributed by atoms with van der Waals surface area (Å²) in [5, 5.41) is 126. The van der Waals surface area contributed by atoms with Crippen LogP contribution in [0.1, 0.15) is 11.1 Å². The Kier molecular flexibility index (Phi) is 15.1. The largest absolute Gasteiger partial charge is 0.508 e. The van der Waals surface area contributed by atoms with Crippen molar-refractivity contribution in [3.05, 3.63) is 107 Å². The monoisotopic (exact) mass is 918 g/mol. The van der Waals surface area contributed by atoms with E-state index in [4.69, 9.17) is 42.6 Å². The van der Waals surface area contributed by atoms with Crippen molar-refractivity contribution in [3.8, 4) is 11.5 Å². The molecule has 4 heterocycles. The van der Waals surface area contributed by atoms with Gasteiger partial charge < -0.3 is 104 Å². The number of allylic oxidation sites excluding steroid dienone is 2. The second kappa shape index (κ2) is 20.6. The highest BCUT2D eigenvalue weighted by atomic mass is 16.8. The van der Waals surface area contributed by atoms with Gasteiger partial charge in [-0.2, -0.15) is 0 Å². The molecule has 0 radical (unpaired) electrons. The lowest BCUT2D eigenvalue weighted by molar-refractivity contribution is -0.363. The quantitative estimate of drug-likeness (QED) is 0.0686. The van der Waals surface area contributed by atoms with Gasteiger partial charge in [0.2, 0.25) is 12.6 Å². The molecule has 16 atom stereocenters. The fourth-order valence-corrected chi connectivity index (χ4v) is 7.43. The van der Waals surface area contributed by atoms with E-state index in [9.17, 15) is 66.1 Å². The van der Waals surface area contributed by atoms with Crippen LogP contribution in [0.5, 0.6) is 11.5 Å². The van der Waals surface area contributed by atoms with Crippen LogP contribution in [0, 0.1) is 0 Å². The highest BCUT2D eigenvalue weighted by Gasteiger charge is 2.52. The van der Waals surface area contributed by atoms with Crippen molar-refractivity contribution in [2.75, 3.05) is 26.9 Å². The van der Waals surface area contributed by atoms with E-state index < -0.39 is 124 Å². The van der Waals surface area contributed by atoms with E-state index in [-0.39, 0.29) is 34.4 Å². The lowest BCUT2D eigenvalue weighted by atomic mass is 9.96. The average Bonchev–Trinajstić information content (AvgIpc) is 3.30. The van der Waals surface area contributed by atoms with Gasteiger partial charge in [-0.05, 0) is 54.1 Å². The summed E-state index contributed by atoms with van der Waals surface area (Å²) in [5.74, 6) is -1.29. The number of benzene rings is 2. The van der Waals surface area contributed by atoms with Gasteiger partial charge in [-0.15, -0.1) is 0 Å². The molecule has 16 unspecified atom stereocenters. The first-order chi connectivity index (χ1) is 31.1. The molecular formula is C43H50O22. The number of hydrogen-bond acceptors (Lipinski definition) is 22. The maximum absolute atomic E-state index is 12.8. The number of aromatic hydroxyl groups is 1. The van der Waals surface area contributed by atoms with Gasteiger partial charge in [0.25, 0.3) is 0 Å². The van der Waals surface area contributed by atoms with Gasteiger partial charge in [-0.1, -0.05) is 12.1 Å². The lowest BCUT2D eigenvalue weighted by Gasteiger charge is -2.46. The normalized spacial score (nSPS) is 36.1. The smallest absolute Gasteiger partial charge is 0.330 e. The summed E-state index contributed by atoms with van der Waals surface area (Å²) in [5.41, 5.74) is 0.961. The number of esters is 1. The summed E-state index contributed by atoms with van der Waals surface area (Å²) >= 11 is 0. The van der Waals surface area contributed by atoms with Crippen LogP contribution in [0.25, 0.3) is 11.8 Å². The molecule has 2 aromatic carbocycles. The summed E-state index contributed by atoms with van der Waals surface area (Å²) in [4.78, 5) is 12.8. The number of hydrogen-bond donors (Lipinski definition) is 12. The van der Waals surface area contributed by atoms with Crippen molar-refractivity contribution in [3.63, 3.8) is 0 Å². The summed E-state index contributed by atoms with van der Waals surface area (Å²) in [7, 11) is 1.45. The van der Waals surface area contributed by atoms with Crippen LogP contribution in [-0.4, -0.2) is 192 Å². The van der Waals surface area contributed by atoms with Crippen LogP contribution in [0.15, 0.2) is 95.7 Å². The number of rotatable bonds is 14. The van der Waals surface area contributed by atoms with E-state index in [2.05, 4.69) is 0 Å². The standard InChI is InChI=1S/C43H50O22/c1-57-22-9-5-19(6-10-22)39-26(14-23-24(59-39)12-21(47)13-25(23)60-41-37(55)34(52)31(49)27(15-44)62-41)61-43-40(65-42-38(56)35(53)32(50)28(16-45)63-42)36(54)33(51)29(64-43)17-58-30(48)11-4-18-2-7-20(46)8-3-18/h2-14,24,27-29,31-38,40-47,49-56H,15-17H2,1H3. The Morgan fingerprint density at radius 2 is 1.28 bits per heavy atom. The van der Waals surface area contributed by atoms with Crippen LogP contribution >= 0.6 is 0 Å². The zero-order chi connectivity index (χ0) is 46.7. The molecule has 65 heavy (non-hydrogen) atoms. The molecule has 5 aliphatic rings. The number of aliphatic hydroxyl groups excluding tert-OH is 11. The number of fused-ring (bicyclic) bond motifs is 1. The van der Waals surface area contributed by atoms with Crippen LogP contribution in [0.2, 0.25) is 0 Å². The predicted octanol–water partition coefficient (Wildman–Crippen LogP) is -2.54. The maximum Gasteiger partial charge on any atom is 0.330 e. The average molecular weight is 919 g/mol. The minimum absolute atomic E-state index is 0.00759. The molecule has 3 saturated heterocycles. The molecule has 0 saturated carbocycles. The van der Waals surface area contributed by atoms with Crippen molar-refractivity contribution < 1.29 is 109 Å². The molecule has 0 amide bonds. The van der Waals surface area contributed by atoms with Gasteiger partial charge in [0.15, 0.2) is 23.9 Å². The first-order valence-electron chi connectivity index (χ1n) is 20.3. The van der Waals surface area contributed by atoms with Crippen molar-refractivity contribution >= 4 is 17.8 Å². The van der Waals surface area contributed by atoms with E-state index in [0.29, 0.717) is 16.9 Å². The summed E-state index contributed by atoms with van der Waals surface area (Å²) in [6.45, 7) is -2.28. The van der Waals surface area contributed by atoms with E-state index in [1.54, 1.807) is 24.3 Å². The molecular weight excluding hydrogens is 868 g/mol. The molecule has 354 valence electrons. The molecule has 0 spiro atoms. The zero-order valence-electron chi connectivity index (χ0n) is 34.3. The molecule has 22 heteroatoms. The van der Waals surface area contributed by atoms with Gasteiger partial charge >= 0.3 is 5.97 Å². The first kappa shape index (κ1) is 47.8. The van der Waals surface area contributed by atoms with Crippen LogP contribution in [0.4, 0.5) is 0 Å². The Morgan fingerprint density at radius 1 is 0.677 bits per heavy atom. The SMILES string of the molecule is COc1ccc(C2=C(OC3OC(COC(=O)C=Cc4ccc(O)cc4)C(O)C(O)C3OC3OC(CO)C(O)C(O)C3O)C=C3C(OC4OC(CO)C(O)C(O)C4O)=CC(O)=CC3O2)cc1. The molecule has 4 aliphatic heterocycles. The van der Waals surface area contributed by atoms with E-state index in [1.807, 2.05) is 0 Å². The topological polar surface area (TPSA) is 343 Å². The Balaban J connectivity index is 1.23. The predicted molar refractivity (Wildman–Crippen MR) is 215 cm³/mol. The second-order valence-electron chi connectivity index (χ2n) is 15.5. The number of aliphatic hydroxyl groups is 11. The third-order valence-electron chi connectivity index (χ3n) is 11.1. The second-order valence-corrected chi connectivity index (χ2v) is 15.5. The van der Waals surface area contributed by atoms with Crippen molar-refractivity contribution in [2.45, 2.75) is 98.2 Å². The zero-order valence-corrected chi connectivity index (χ0v) is 34.3. The van der Waals surface area contributed by atoms with Crippen molar-refractivity contribution in [2.24, 2.45) is 0 Å². The summed E-state index contributed by atoms with van der Waals surface area (Å²) < 4.78 is 52.5. The van der Waals surface area contributed by atoms with Gasteiger partial charge in [0.1, 0.15) is 103 Å². The van der Waals surface area contributed by atoms with E-state index >= 15 is 0 Å². The molecule has 0 bridgehead atoms. The number of phenols is 1. The molecule has 0 aromatic heterocycles. The maximum atomic E-state index is 12.8. The van der Waals surface area contributed by atoms with E-state index in [0.717, 1.165) is 12.2 Å². The third-order valence-corrected chi connectivity index (χ3v) is 11.1. The molecule has 3 fully saturated rings. The number of ether oxygens (including phenoxy) is 9. The summed E-state index contributed by atoms with van der Waals surface area (Å²) in [6, 6.07) is 12.2. The number of carbonyl (C=O) groups is 1. The summed E-state index contributed by atoms with van der Waals surface area (Å²) in [6.07, 6.45) is -21.6. The fourth-order valence-electron chi connectivity index (χ4n) is 7.43. The van der Waals surface area contributed by atoms with Crippen molar-refractivity contribution in [1.29, 1.82) is 0 Å². The first-order valence-corrected chi connectivity index (χ1v) is 20.3. The van der Waals surface area contributed by atoms with E-state index in [1.165, 1.54) is 49.6 Å². The Hall–Kier alpha value is -5.15. The highest BCUT2D eigenvalue weighted by Crippen LogP contribution is 2.41. The highest BCUT2D eigenvalue weighted by molar-refractivity contribution is 5.87. The van der Waals surface area contributed by atoms with Gasteiger partial charge in [-0.3, -0.25) is 0 Å². The van der Waals surface area contributed by atoms with Crippen LogP contribution < -0.4 is 4.74 Å². The van der Waals surface area contributed by atoms with Crippen molar-refractivity contribution in [1.82, 2.24) is 0 Å². The minimum atomic E-state index is -2.01. The van der Waals surface area contributed by atoms with Crippen LogP contribution in [0.3, 0.4) is 0 Å².